The Hall–Kier alpha value is -2.84. The van der Waals surface area contributed by atoms with Crippen LogP contribution in [0.3, 0.4) is 0 Å². The molecule has 4 rings (SSSR count). The minimum absolute atomic E-state index is 0. The lowest BCUT2D eigenvalue weighted by Crippen LogP contribution is -2.64. The van der Waals surface area contributed by atoms with E-state index in [1.54, 1.807) is 50.4 Å². The summed E-state index contributed by atoms with van der Waals surface area (Å²) in [4.78, 5) is 27.5. The largest absolute Gasteiger partial charge is 0.480 e. The van der Waals surface area contributed by atoms with Gasteiger partial charge in [-0.2, -0.15) is 0 Å². The second-order valence-electron chi connectivity index (χ2n) is 10.7. The lowest BCUT2D eigenvalue weighted by Gasteiger charge is -2.34. The van der Waals surface area contributed by atoms with Crippen molar-refractivity contribution in [2.75, 3.05) is 33.9 Å². The van der Waals surface area contributed by atoms with Crippen LogP contribution in [-0.2, 0) is 37.2 Å². The number of Topliss-reactive ketones (excluding diaryl/α,β-unsaturated/α-hetero) is 1. The number of amidine groups is 1. The van der Waals surface area contributed by atoms with Gasteiger partial charge in [0.15, 0.2) is 11.3 Å². The Morgan fingerprint density at radius 1 is 1.26 bits per heavy atom. The van der Waals surface area contributed by atoms with Crippen molar-refractivity contribution >= 4 is 52.4 Å². The highest BCUT2D eigenvalue weighted by molar-refractivity contribution is 7.90. The number of ether oxygens (including phenoxy) is 1. The van der Waals surface area contributed by atoms with Crippen LogP contribution < -0.4 is 15.8 Å². The number of carbonyl (C=O) groups excluding carboxylic acids is 1. The third kappa shape index (κ3) is 7.82. The summed E-state index contributed by atoms with van der Waals surface area (Å²) in [6, 6.07) is 10.3. The quantitative estimate of drug-likeness (QED) is 0.111. The van der Waals surface area contributed by atoms with Crippen LogP contribution in [0.15, 0.2) is 59.0 Å². The number of aliphatic carboxylic acids is 1. The van der Waals surface area contributed by atoms with Gasteiger partial charge in [-0.15, -0.1) is 24.8 Å². The zero-order valence-electron chi connectivity index (χ0n) is 24.3. The van der Waals surface area contributed by atoms with Crippen molar-refractivity contribution in [3.05, 3.63) is 76.4 Å². The molecule has 2 aliphatic rings. The Morgan fingerprint density at radius 3 is 2.63 bits per heavy atom. The van der Waals surface area contributed by atoms with Crippen molar-refractivity contribution in [2.24, 2.45) is 5.73 Å². The minimum Gasteiger partial charge on any atom is -0.480 e. The number of fused-ring (bicyclic) bond motifs is 1. The molecule has 2 aliphatic heterocycles. The number of carboxylic acids is 1. The number of nitrogens with zero attached hydrogens (tertiary/aromatic N) is 1. The number of nitrogens with two attached hydrogens (primary N) is 1. The SMILES string of the molecule is COC[C@H]1c2cc(S(=O)(=O)NC(=N)c3cccc(C[C@H](N)C(=O)[C@@]4(C(=O)O)CC(C)=CCN4)c3)ccc2CCN1C.Cl.Cl. The lowest BCUT2D eigenvalue weighted by atomic mass is 9.80. The number of ketones is 1. The second kappa shape index (κ2) is 14.8. The molecule has 2 heterocycles. The van der Waals surface area contributed by atoms with Crippen molar-refractivity contribution in [1.29, 1.82) is 5.41 Å². The number of hydrogen-bond acceptors (Lipinski definition) is 9. The average Bonchev–Trinajstić information content (AvgIpc) is 2.93. The van der Waals surface area contributed by atoms with Crippen molar-refractivity contribution in [3.63, 3.8) is 0 Å². The van der Waals surface area contributed by atoms with Gasteiger partial charge in [-0.3, -0.25) is 25.1 Å². The first kappa shape index (κ1) is 36.4. The van der Waals surface area contributed by atoms with Gasteiger partial charge in [0.05, 0.1) is 23.6 Å². The van der Waals surface area contributed by atoms with Crippen LogP contribution in [-0.4, -0.2) is 81.4 Å². The van der Waals surface area contributed by atoms with Crippen molar-refractivity contribution in [2.45, 2.75) is 48.7 Å². The van der Waals surface area contributed by atoms with E-state index in [1.807, 2.05) is 19.2 Å². The molecule has 14 heteroatoms. The van der Waals surface area contributed by atoms with Gasteiger partial charge >= 0.3 is 5.97 Å². The van der Waals surface area contributed by atoms with Crippen molar-refractivity contribution in [3.8, 4) is 0 Å². The topological polar surface area (TPSA) is 175 Å². The van der Waals surface area contributed by atoms with Gasteiger partial charge in [-0.05, 0) is 61.7 Å². The summed E-state index contributed by atoms with van der Waals surface area (Å²) in [6.45, 7) is 3.28. The van der Waals surface area contributed by atoms with Gasteiger partial charge < -0.3 is 15.6 Å². The molecular formula is C29H39Cl2N5O6S. The van der Waals surface area contributed by atoms with Gasteiger partial charge in [-0.25, -0.2) is 13.2 Å². The van der Waals surface area contributed by atoms with Crippen LogP contribution in [0.25, 0.3) is 0 Å². The van der Waals surface area contributed by atoms with Crippen molar-refractivity contribution in [1.82, 2.24) is 14.9 Å². The molecule has 0 fully saturated rings. The number of carbonyl (C=O) groups is 2. The number of carboxylic acid groups (broad SMARTS) is 1. The zero-order chi connectivity index (χ0) is 29.9. The third-order valence-electron chi connectivity index (χ3n) is 7.81. The monoisotopic (exact) mass is 655 g/mol. The van der Waals surface area contributed by atoms with Crippen LogP contribution in [0.4, 0.5) is 0 Å². The first-order valence-electron chi connectivity index (χ1n) is 13.3. The molecule has 0 bridgehead atoms. The molecule has 0 spiro atoms. The summed E-state index contributed by atoms with van der Waals surface area (Å²) in [5.41, 5.74) is 7.98. The predicted octanol–water partition coefficient (Wildman–Crippen LogP) is 2.21. The molecule has 0 aliphatic carbocycles. The normalized spacial score (nSPS) is 20.8. The first-order chi connectivity index (χ1) is 19.4. The summed E-state index contributed by atoms with van der Waals surface area (Å²) in [5.74, 6) is -2.26. The highest BCUT2D eigenvalue weighted by Crippen LogP contribution is 2.31. The first-order valence-corrected chi connectivity index (χ1v) is 14.8. The molecule has 236 valence electrons. The van der Waals surface area contributed by atoms with Gasteiger partial charge in [0.2, 0.25) is 0 Å². The number of sulfonamides is 1. The number of nitrogens with one attached hydrogen (secondary N) is 3. The van der Waals surface area contributed by atoms with Gasteiger partial charge in [0.25, 0.3) is 10.0 Å². The number of methoxy groups -OCH3 is 1. The van der Waals surface area contributed by atoms with E-state index >= 15 is 0 Å². The standard InChI is InChI=1S/C29H37N5O6S.2ClH/c1-18-9-11-32-29(16-18,28(36)37)26(35)24(30)14-19-5-4-6-21(13-19)27(31)33-41(38,39)22-8-7-20-10-12-34(2)25(17-40-3)23(20)15-22;;/h4-9,13,15,24-25,32H,10-12,14,16-17,30H2,1-3H3,(H2,31,33)(H,36,37);2*1H/t24-,25-,29+;;/m0../s1. The molecule has 2 aromatic rings. The van der Waals surface area contributed by atoms with E-state index in [0.29, 0.717) is 12.2 Å². The predicted molar refractivity (Wildman–Crippen MR) is 169 cm³/mol. The molecule has 0 aromatic heterocycles. The third-order valence-corrected chi connectivity index (χ3v) is 9.15. The molecular weight excluding hydrogens is 617 g/mol. The fourth-order valence-corrected chi connectivity index (χ4v) is 6.53. The Balaban J connectivity index is 0.00000323. The molecule has 0 saturated heterocycles. The van der Waals surface area contributed by atoms with Crippen LogP contribution in [0.5, 0.6) is 0 Å². The fraction of sp³-hybridized carbons (Fsp3) is 0.414. The molecule has 0 radical (unpaired) electrons. The van der Waals surface area contributed by atoms with E-state index in [4.69, 9.17) is 15.9 Å². The lowest BCUT2D eigenvalue weighted by molar-refractivity contribution is -0.150. The molecule has 0 amide bonds. The molecule has 3 atom stereocenters. The fourth-order valence-electron chi connectivity index (χ4n) is 5.50. The second-order valence-corrected chi connectivity index (χ2v) is 12.4. The number of benzene rings is 2. The smallest absolute Gasteiger partial charge is 0.332 e. The van der Waals surface area contributed by atoms with Gasteiger partial charge in [0, 0.05) is 32.2 Å². The Labute approximate surface area is 264 Å². The average molecular weight is 657 g/mol. The summed E-state index contributed by atoms with van der Waals surface area (Å²) >= 11 is 0. The number of hydrogen-bond donors (Lipinski definition) is 5. The van der Waals surface area contributed by atoms with E-state index in [1.165, 1.54) is 0 Å². The van der Waals surface area contributed by atoms with E-state index in [2.05, 4.69) is 14.9 Å². The van der Waals surface area contributed by atoms with E-state index in [-0.39, 0.29) is 66.5 Å². The van der Waals surface area contributed by atoms with Crippen LogP contribution in [0, 0.1) is 5.41 Å². The maximum atomic E-state index is 13.3. The highest BCUT2D eigenvalue weighted by Gasteiger charge is 2.48. The van der Waals surface area contributed by atoms with Crippen molar-refractivity contribution < 1.29 is 27.9 Å². The highest BCUT2D eigenvalue weighted by atomic mass is 35.5. The maximum Gasteiger partial charge on any atom is 0.332 e. The Morgan fingerprint density at radius 2 is 1.98 bits per heavy atom. The van der Waals surface area contributed by atoms with E-state index in [9.17, 15) is 23.1 Å². The van der Waals surface area contributed by atoms with Crippen LogP contribution in [0.1, 0.15) is 41.6 Å². The maximum absolute atomic E-state index is 13.3. The molecule has 43 heavy (non-hydrogen) atoms. The zero-order valence-corrected chi connectivity index (χ0v) is 26.7. The Bertz CT molecular complexity index is 1500. The Kier molecular flexibility index (Phi) is 12.5. The van der Waals surface area contributed by atoms with E-state index < -0.39 is 33.4 Å². The van der Waals surface area contributed by atoms with Gasteiger partial charge in [0.1, 0.15) is 5.84 Å². The number of likely N-dealkylation sites (N-methyl/N-ethyl adjacent to an activating group) is 1. The summed E-state index contributed by atoms with van der Waals surface area (Å²) < 4.78 is 34.3. The summed E-state index contributed by atoms with van der Waals surface area (Å²) in [5, 5.41) is 21.2. The van der Waals surface area contributed by atoms with Gasteiger partial charge in [-0.1, -0.05) is 35.9 Å². The van der Waals surface area contributed by atoms with E-state index in [0.717, 1.165) is 29.7 Å². The number of halogens is 2. The molecule has 2 aromatic carbocycles. The number of rotatable bonds is 10. The van der Waals surface area contributed by atoms with Crippen LogP contribution >= 0.6 is 24.8 Å². The molecule has 6 N–H and O–H groups in total. The van der Waals surface area contributed by atoms with Crippen LogP contribution in [0.2, 0.25) is 0 Å². The molecule has 0 unspecified atom stereocenters. The molecule has 11 nitrogen and oxygen atoms in total. The summed E-state index contributed by atoms with van der Waals surface area (Å²) in [6.07, 6.45) is 2.67. The summed E-state index contributed by atoms with van der Waals surface area (Å²) in [7, 11) is -0.495. The molecule has 0 saturated carbocycles. The minimum atomic E-state index is -4.08.